The van der Waals surface area contributed by atoms with E-state index in [4.69, 9.17) is 11.6 Å². The van der Waals surface area contributed by atoms with E-state index in [1.807, 2.05) is 0 Å². The minimum Gasteiger partial charge on any atom is -0.385 e. The highest BCUT2D eigenvalue weighted by molar-refractivity contribution is 6.30. The summed E-state index contributed by atoms with van der Waals surface area (Å²) in [4.78, 5) is 7.87. The van der Waals surface area contributed by atoms with Crippen LogP contribution in [0.3, 0.4) is 0 Å². The van der Waals surface area contributed by atoms with Crippen molar-refractivity contribution in [1.82, 2.24) is 9.97 Å². The molecule has 0 amide bonds. The first kappa shape index (κ1) is 12.0. The molecule has 2 aromatic rings. The number of aliphatic hydroxyl groups excluding tert-OH is 1. The number of benzene rings is 1. The number of aromatic nitrogens is 2. The molecule has 1 aromatic heterocycles. The molecule has 88 valence electrons. The van der Waals surface area contributed by atoms with Gasteiger partial charge in [0, 0.05) is 18.8 Å². The van der Waals surface area contributed by atoms with Crippen molar-refractivity contribution >= 4 is 11.6 Å². The zero-order valence-electron chi connectivity index (χ0n) is 8.85. The fourth-order valence-electron chi connectivity index (χ4n) is 1.46. The van der Waals surface area contributed by atoms with Crippen molar-refractivity contribution in [2.45, 2.75) is 12.5 Å². The van der Waals surface area contributed by atoms with E-state index in [0.717, 1.165) is 0 Å². The molecule has 0 fully saturated rings. The molecule has 0 bridgehead atoms. The predicted molar refractivity (Wildman–Crippen MR) is 62.1 cm³/mol. The van der Waals surface area contributed by atoms with Gasteiger partial charge in [-0.1, -0.05) is 17.7 Å². The third kappa shape index (κ3) is 2.99. The molecular weight excluding hydrogens is 243 g/mol. The van der Waals surface area contributed by atoms with Gasteiger partial charge in [-0.25, -0.2) is 14.4 Å². The van der Waals surface area contributed by atoms with Crippen molar-refractivity contribution in [1.29, 1.82) is 0 Å². The normalized spacial score (nSPS) is 12.4. The summed E-state index contributed by atoms with van der Waals surface area (Å²) in [5.41, 5.74) is 0.645. The van der Waals surface area contributed by atoms with Crippen molar-refractivity contribution < 1.29 is 9.50 Å². The van der Waals surface area contributed by atoms with Gasteiger partial charge in [-0.2, -0.15) is 0 Å². The number of hydrogen-bond donors (Lipinski definition) is 1. The molecule has 0 aliphatic heterocycles. The minimum atomic E-state index is -0.850. The van der Waals surface area contributed by atoms with Crippen LogP contribution in [0.15, 0.2) is 36.7 Å². The summed E-state index contributed by atoms with van der Waals surface area (Å²) in [6, 6.07) is 6.09. The molecule has 1 atom stereocenters. The summed E-state index contributed by atoms with van der Waals surface area (Å²) in [5.74, 6) is -0.173. The quantitative estimate of drug-likeness (QED) is 0.913. The molecule has 1 N–H and O–H groups in total. The summed E-state index contributed by atoms with van der Waals surface area (Å²) in [6.45, 7) is 0. The molecule has 0 aliphatic carbocycles. The molecule has 0 saturated carbocycles. The Labute approximate surface area is 103 Å². The highest BCUT2D eigenvalue weighted by atomic mass is 35.5. The molecule has 1 unspecified atom stereocenters. The number of hydrogen-bond acceptors (Lipinski definition) is 3. The molecule has 1 aromatic carbocycles. The van der Waals surface area contributed by atoms with Crippen molar-refractivity contribution in [2.24, 2.45) is 0 Å². The zero-order chi connectivity index (χ0) is 12.3. The van der Waals surface area contributed by atoms with E-state index < -0.39 is 11.9 Å². The van der Waals surface area contributed by atoms with Crippen LogP contribution in [-0.2, 0) is 6.42 Å². The van der Waals surface area contributed by atoms with Crippen molar-refractivity contribution in [3.63, 3.8) is 0 Å². The van der Waals surface area contributed by atoms with Gasteiger partial charge in [0.15, 0.2) is 5.82 Å². The fourth-order valence-corrected chi connectivity index (χ4v) is 1.58. The second-order valence-electron chi connectivity index (χ2n) is 3.58. The average Bonchev–Trinajstić information content (AvgIpc) is 2.35. The van der Waals surface area contributed by atoms with Crippen LogP contribution in [0.2, 0.25) is 5.02 Å². The Balaban J connectivity index is 2.13. The van der Waals surface area contributed by atoms with E-state index in [1.54, 1.807) is 24.5 Å². The maximum absolute atomic E-state index is 13.2. The fraction of sp³-hybridized carbons (Fsp3) is 0.167. The monoisotopic (exact) mass is 252 g/mol. The third-order valence-corrected chi connectivity index (χ3v) is 2.60. The molecule has 3 nitrogen and oxygen atoms in total. The van der Waals surface area contributed by atoms with Crippen LogP contribution in [0.5, 0.6) is 0 Å². The molecule has 0 spiro atoms. The average molecular weight is 253 g/mol. The lowest BCUT2D eigenvalue weighted by Gasteiger charge is -2.09. The smallest absolute Gasteiger partial charge is 0.157 e. The number of aliphatic hydroxyl groups is 1. The van der Waals surface area contributed by atoms with Gasteiger partial charge in [0.05, 0.1) is 5.02 Å². The molecule has 0 saturated heterocycles. The van der Waals surface area contributed by atoms with Crippen molar-refractivity contribution in [3.8, 4) is 0 Å². The van der Waals surface area contributed by atoms with E-state index in [-0.39, 0.29) is 11.4 Å². The Morgan fingerprint density at radius 3 is 2.65 bits per heavy atom. The second kappa shape index (κ2) is 5.21. The lowest BCUT2D eigenvalue weighted by Crippen LogP contribution is -2.06. The van der Waals surface area contributed by atoms with E-state index in [9.17, 15) is 9.50 Å². The first-order chi connectivity index (χ1) is 8.16. The summed E-state index contributed by atoms with van der Waals surface area (Å²) >= 11 is 5.57. The van der Waals surface area contributed by atoms with Crippen LogP contribution in [0, 0.1) is 5.82 Å². The van der Waals surface area contributed by atoms with Crippen molar-refractivity contribution in [2.75, 3.05) is 0 Å². The van der Waals surface area contributed by atoms with Gasteiger partial charge in [0.2, 0.25) is 0 Å². The minimum absolute atomic E-state index is 0.0687. The van der Waals surface area contributed by atoms with Crippen LogP contribution in [-0.4, -0.2) is 15.1 Å². The maximum atomic E-state index is 13.2. The van der Waals surface area contributed by atoms with Gasteiger partial charge in [-0.05, 0) is 23.8 Å². The van der Waals surface area contributed by atoms with Gasteiger partial charge >= 0.3 is 0 Å². The molecule has 2 rings (SSSR count). The Bertz CT molecular complexity index is 507. The summed E-state index contributed by atoms with van der Waals surface area (Å²) in [6.07, 6.45) is 2.50. The van der Waals surface area contributed by atoms with Crippen molar-refractivity contribution in [3.05, 3.63) is 58.9 Å². The molecular formula is C12H10ClFN2O. The Kier molecular flexibility index (Phi) is 3.66. The zero-order valence-corrected chi connectivity index (χ0v) is 9.60. The van der Waals surface area contributed by atoms with Crippen LogP contribution < -0.4 is 0 Å². The molecule has 5 heteroatoms. The van der Waals surface area contributed by atoms with E-state index in [1.165, 1.54) is 12.1 Å². The van der Waals surface area contributed by atoms with Crippen LogP contribution in [0.25, 0.3) is 0 Å². The maximum Gasteiger partial charge on any atom is 0.157 e. The van der Waals surface area contributed by atoms with E-state index >= 15 is 0 Å². The second-order valence-corrected chi connectivity index (χ2v) is 3.98. The summed E-state index contributed by atoms with van der Waals surface area (Å²) in [7, 11) is 0. The van der Waals surface area contributed by atoms with Gasteiger partial charge in [0.1, 0.15) is 11.9 Å². The SMILES string of the molecule is OC(Cc1ccc(Cl)c(F)c1)c1ncccn1. The first-order valence-corrected chi connectivity index (χ1v) is 5.43. The standard InChI is InChI=1S/C12H10ClFN2O/c13-9-3-2-8(6-10(9)14)7-11(17)12-15-4-1-5-16-12/h1-6,11,17H,7H2. The number of nitrogens with zero attached hydrogens (tertiary/aromatic N) is 2. The van der Waals surface area contributed by atoms with E-state index in [2.05, 4.69) is 9.97 Å². The molecule has 0 radical (unpaired) electrons. The number of rotatable bonds is 3. The van der Waals surface area contributed by atoms with Crippen LogP contribution in [0.1, 0.15) is 17.5 Å². The Morgan fingerprint density at radius 2 is 2.00 bits per heavy atom. The van der Waals surface area contributed by atoms with Gasteiger partial charge in [-0.3, -0.25) is 0 Å². The first-order valence-electron chi connectivity index (χ1n) is 5.05. The molecule has 0 aliphatic rings. The Morgan fingerprint density at radius 1 is 1.29 bits per heavy atom. The van der Waals surface area contributed by atoms with E-state index in [0.29, 0.717) is 11.4 Å². The predicted octanol–water partition coefficient (Wildman–Crippen LogP) is 2.55. The third-order valence-electron chi connectivity index (χ3n) is 2.30. The lowest BCUT2D eigenvalue weighted by molar-refractivity contribution is 0.168. The largest absolute Gasteiger partial charge is 0.385 e. The topological polar surface area (TPSA) is 46.0 Å². The number of halogens is 2. The Hall–Kier alpha value is -1.52. The summed E-state index contributed by atoms with van der Waals surface area (Å²) in [5, 5.41) is 9.92. The van der Waals surface area contributed by atoms with Gasteiger partial charge < -0.3 is 5.11 Å². The highest BCUT2D eigenvalue weighted by Gasteiger charge is 2.12. The molecule has 1 heterocycles. The highest BCUT2D eigenvalue weighted by Crippen LogP contribution is 2.19. The van der Waals surface area contributed by atoms with Crippen LogP contribution >= 0.6 is 11.6 Å². The molecule has 17 heavy (non-hydrogen) atoms. The van der Waals surface area contributed by atoms with Gasteiger partial charge in [0.25, 0.3) is 0 Å². The van der Waals surface area contributed by atoms with Gasteiger partial charge in [-0.15, -0.1) is 0 Å². The van der Waals surface area contributed by atoms with Crippen LogP contribution in [0.4, 0.5) is 4.39 Å². The summed E-state index contributed by atoms with van der Waals surface area (Å²) < 4.78 is 13.2. The lowest BCUT2D eigenvalue weighted by atomic mass is 10.1.